The molecule has 0 spiro atoms. The van der Waals surface area contributed by atoms with Crippen molar-refractivity contribution in [2.24, 2.45) is 5.92 Å². The molecule has 0 aromatic rings. The van der Waals surface area contributed by atoms with Crippen LogP contribution in [0.25, 0.3) is 0 Å². The largest absolute Gasteiger partial charge is 0.198 e. The standard InChI is InChI=1S/C10H17NS/c1-8(2)12-10-6-4-3-5-9(10)7-11/h8-10H,3-6H2,1-2H3. The fraction of sp³-hybridized carbons (Fsp3) is 0.900. The highest BCUT2D eigenvalue weighted by Crippen LogP contribution is 2.34. The van der Waals surface area contributed by atoms with Crippen molar-refractivity contribution in [1.29, 1.82) is 5.26 Å². The predicted octanol–water partition coefficient (Wildman–Crippen LogP) is 3.21. The molecule has 2 unspecified atom stereocenters. The zero-order chi connectivity index (χ0) is 8.97. The van der Waals surface area contributed by atoms with Crippen LogP contribution in [0.15, 0.2) is 0 Å². The van der Waals surface area contributed by atoms with Crippen molar-refractivity contribution in [2.75, 3.05) is 0 Å². The second kappa shape index (κ2) is 4.77. The molecule has 2 heteroatoms. The quantitative estimate of drug-likeness (QED) is 0.656. The fourth-order valence-corrected chi connectivity index (χ4v) is 3.15. The number of nitrogens with zero attached hydrogens (tertiary/aromatic N) is 1. The van der Waals surface area contributed by atoms with Crippen LogP contribution in [0.1, 0.15) is 39.5 Å². The second-order valence-electron chi connectivity index (χ2n) is 3.74. The van der Waals surface area contributed by atoms with Gasteiger partial charge in [0.05, 0.1) is 12.0 Å². The maximum atomic E-state index is 8.91. The second-order valence-corrected chi connectivity index (χ2v) is 5.56. The average molecular weight is 183 g/mol. The third-order valence-corrected chi connectivity index (χ3v) is 3.77. The van der Waals surface area contributed by atoms with Gasteiger partial charge in [0.1, 0.15) is 0 Å². The Hall–Kier alpha value is -0.160. The van der Waals surface area contributed by atoms with Crippen LogP contribution in [-0.2, 0) is 0 Å². The number of nitriles is 1. The van der Waals surface area contributed by atoms with Crippen LogP contribution in [0.3, 0.4) is 0 Å². The van der Waals surface area contributed by atoms with Crippen LogP contribution >= 0.6 is 11.8 Å². The smallest absolute Gasteiger partial charge is 0.0667 e. The molecule has 0 bridgehead atoms. The van der Waals surface area contributed by atoms with Gasteiger partial charge in [-0.2, -0.15) is 17.0 Å². The summed E-state index contributed by atoms with van der Waals surface area (Å²) >= 11 is 1.99. The highest BCUT2D eigenvalue weighted by atomic mass is 32.2. The molecule has 12 heavy (non-hydrogen) atoms. The van der Waals surface area contributed by atoms with Crippen LogP contribution < -0.4 is 0 Å². The Morgan fingerprint density at radius 1 is 1.33 bits per heavy atom. The molecule has 0 amide bonds. The van der Waals surface area contributed by atoms with E-state index in [9.17, 15) is 0 Å². The van der Waals surface area contributed by atoms with E-state index >= 15 is 0 Å². The van der Waals surface area contributed by atoms with E-state index in [4.69, 9.17) is 5.26 Å². The summed E-state index contributed by atoms with van der Waals surface area (Å²) in [5, 5.41) is 10.2. The summed E-state index contributed by atoms with van der Waals surface area (Å²) < 4.78 is 0. The van der Waals surface area contributed by atoms with E-state index in [1.807, 2.05) is 11.8 Å². The van der Waals surface area contributed by atoms with Gasteiger partial charge < -0.3 is 0 Å². The molecular weight excluding hydrogens is 166 g/mol. The van der Waals surface area contributed by atoms with Crippen molar-refractivity contribution in [3.05, 3.63) is 0 Å². The molecule has 0 heterocycles. The van der Waals surface area contributed by atoms with E-state index in [2.05, 4.69) is 19.9 Å². The number of thioether (sulfide) groups is 1. The van der Waals surface area contributed by atoms with Crippen LogP contribution in [-0.4, -0.2) is 10.5 Å². The van der Waals surface area contributed by atoms with Gasteiger partial charge in [0, 0.05) is 5.25 Å². The Kier molecular flexibility index (Phi) is 3.94. The van der Waals surface area contributed by atoms with Crippen LogP contribution in [0.5, 0.6) is 0 Å². The first-order valence-electron chi connectivity index (χ1n) is 4.79. The van der Waals surface area contributed by atoms with Gasteiger partial charge in [-0.15, -0.1) is 0 Å². The molecular formula is C10H17NS. The molecule has 1 nitrogen and oxygen atoms in total. The first-order chi connectivity index (χ1) is 5.74. The minimum Gasteiger partial charge on any atom is -0.198 e. The summed E-state index contributed by atoms with van der Waals surface area (Å²) in [5.74, 6) is 0.325. The van der Waals surface area contributed by atoms with Crippen LogP contribution in [0, 0.1) is 17.2 Å². The molecule has 0 aliphatic heterocycles. The van der Waals surface area contributed by atoms with Crippen molar-refractivity contribution < 1.29 is 0 Å². The van der Waals surface area contributed by atoms with Gasteiger partial charge in [-0.25, -0.2) is 0 Å². The van der Waals surface area contributed by atoms with Gasteiger partial charge in [-0.1, -0.05) is 26.7 Å². The lowest BCUT2D eigenvalue weighted by atomic mass is 9.90. The summed E-state index contributed by atoms with van der Waals surface area (Å²) in [5.41, 5.74) is 0. The molecule has 68 valence electrons. The van der Waals surface area contributed by atoms with Crippen molar-refractivity contribution in [2.45, 2.75) is 50.0 Å². The molecule has 1 aliphatic carbocycles. The van der Waals surface area contributed by atoms with E-state index in [0.29, 0.717) is 16.4 Å². The minimum atomic E-state index is 0.325. The summed E-state index contributed by atoms with van der Waals surface area (Å²) in [4.78, 5) is 0. The van der Waals surface area contributed by atoms with Gasteiger partial charge in [0.2, 0.25) is 0 Å². The first kappa shape index (κ1) is 9.92. The molecule has 1 saturated carbocycles. The molecule has 1 aliphatic rings. The highest BCUT2D eigenvalue weighted by Gasteiger charge is 2.25. The minimum absolute atomic E-state index is 0.325. The third kappa shape index (κ3) is 2.71. The van der Waals surface area contributed by atoms with Gasteiger partial charge in [-0.05, 0) is 18.1 Å². The third-order valence-electron chi connectivity index (χ3n) is 2.32. The van der Waals surface area contributed by atoms with E-state index in [1.54, 1.807) is 0 Å². The molecule has 0 N–H and O–H groups in total. The van der Waals surface area contributed by atoms with Crippen molar-refractivity contribution in [3.63, 3.8) is 0 Å². The average Bonchev–Trinajstić information content (AvgIpc) is 2.04. The summed E-state index contributed by atoms with van der Waals surface area (Å²) in [6.45, 7) is 4.43. The molecule has 0 saturated heterocycles. The lowest BCUT2D eigenvalue weighted by Crippen LogP contribution is -2.21. The molecule has 2 atom stereocenters. The summed E-state index contributed by atoms with van der Waals surface area (Å²) in [6, 6.07) is 2.44. The van der Waals surface area contributed by atoms with Crippen molar-refractivity contribution in [1.82, 2.24) is 0 Å². The van der Waals surface area contributed by atoms with Gasteiger partial charge in [0.15, 0.2) is 0 Å². The van der Waals surface area contributed by atoms with Gasteiger partial charge in [-0.3, -0.25) is 0 Å². The van der Waals surface area contributed by atoms with Crippen LogP contribution in [0.4, 0.5) is 0 Å². The zero-order valence-corrected chi connectivity index (χ0v) is 8.73. The topological polar surface area (TPSA) is 23.8 Å². The van der Waals surface area contributed by atoms with E-state index in [1.165, 1.54) is 19.3 Å². The van der Waals surface area contributed by atoms with Crippen molar-refractivity contribution >= 4 is 11.8 Å². The zero-order valence-electron chi connectivity index (χ0n) is 7.92. The molecule has 0 aromatic carbocycles. The van der Waals surface area contributed by atoms with Crippen LogP contribution in [0.2, 0.25) is 0 Å². The molecule has 1 rings (SSSR count). The van der Waals surface area contributed by atoms with Crippen molar-refractivity contribution in [3.8, 4) is 6.07 Å². The van der Waals surface area contributed by atoms with E-state index in [0.717, 1.165) is 6.42 Å². The Labute approximate surface area is 79.5 Å². The SMILES string of the molecule is CC(C)SC1CCCCC1C#N. The number of hydrogen-bond acceptors (Lipinski definition) is 2. The Morgan fingerprint density at radius 2 is 2.00 bits per heavy atom. The first-order valence-corrected chi connectivity index (χ1v) is 5.73. The Bertz CT molecular complexity index is 171. The lowest BCUT2D eigenvalue weighted by molar-refractivity contribution is 0.439. The molecule has 0 radical (unpaired) electrons. The monoisotopic (exact) mass is 183 g/mol. The maximum Gasteiger partial charge on any atom is 0.0667 e. The summed E-state index contributed by atoms with van der Waals surface area (Å²) in [7, 11) is 0. The summed E-state index contributed by atoms with van der Waals surface area (Å²) in [6.07, 6.45) is 4.96. The lowest BCUT2D eigenvalue weighted by Gasteiger charge is -2.27. The number of hydrogen-bond donors (Lipinski definition) is 0. The van der Waals surface area contributed by atoms with E-state index < -0.39 is 0 Å². The maximum absolute atomic E-state index is 8.91. The Morgan fingerprint density at radius 3 is 2.58 bits per heavy atom. The fourth-order valence-electron chi connectivity index (χ4n) is 1.76. The highest BCUT2D eigenvalue weighted by molar-refractivity contribution is 8.00. The normalized spacial score (nSPS) is 30.2. The molecule has 0 aromatic heterocycles. The predicted molar refractivity (Wildman–Crippen MR) is 54.1 cm³/mol. The van der Waals surface area contributed by atoms with E-state index in [-0.39, 0.29) is 0 Å². The van der Waals surface area contributed by atoms with Gasteiger partial charge >= 0.3 is 0 Å². The number of rotatable bonds is 2. The van der Waals surface area contributed by atoms with Gasteiger partial charge in [0.25, 0.3) is 0 Å². The Balaban J connectivity index is 2.43. The molecule has 1 fully saturated rings.